The van der Waals surface area contributed by atoms with E-state index in [0.717, 1.165) is 82.8 Å². The molecule has 21 aromatic rings. The van der Waals surface area contributed by atoms with Crippen LogP contribution < -0.4 is 0 Å². The Labute approximate surface area is 586 Å². The number of para-hydroxylation sites is 3. The van der Waals surface area contributed by atoms with Crippen LogP contribution >= 0.6 is 22.7 Å². The molecule has 0 unspecified atom stereocenters. The van der Waals surface area contributed by atoms with Crippen molar-refractivity contribution >= 4 is 129 Å². The van der Waals surface area contributed by atoms with Crippen molar-refractivity contribution in [2.75, 3.05) is 0 Å². The van der Waals surface area contributed by atoms with Gasteiger partial charge in [-0.05, 0) is 95.1 Å². The molecule has 0 aliphatic rings. The van der Waals surface area contributed by atoms with Gasteiger partial charge >= 0.3 is 0 Å². The van der Waals surface area contributed by atoms with Crippen molar-refractivity contribution in [2.24, 2.45) is 0 Å². The zero-order valence-corrected chi connectivity index (χ0v) is 55.6. The molecule has 7 heterocycles. The van der Waals surface area contributed by atoms with E-state index >= 15 is 0 Å². The first-order valence-electron chi connectivity index (χ1n) is 33.6. The predicted molar refractivity (Wildman–Crippen MR) is 419 cm³/mol. The number of furan rings is 1. The molecule has 0 N–H and O–H groups in total. The third-order valence-corrected chi connectivity index (χ3v) is 21.8. The molecule has 9 nitrogen and oxygen atoms in total. The lowest BCUT2D eigenvalue weighted by Crippen LogP contribution is -2.06. The Morgan fingerprint density at radius 2 is 0.614 bits per heavy atom. The van der Waals surface area contributed by atoms with Crippen molar-refractivity contribution in [3.63, 3.8) is 0 Å². The summed E-state index contributed by atoms with van der Waals surface area (Å²) in [7, 11) is 0. The van der Waals surface area contributed by atoms with Crippen molar-refractivity contribution in [3.05, 3.63) is 328 Å². The maximum atomic E-state index is 6.28. The van der Waals surface area contributed by atoms with Crippen LogP contribution in [0.25, 0.3) is 197 Å². The average molecular weight is 1330 g/mol. The monoisotopic (exact) mass is 1330 g/mol. The van der Waals surface area contributed by atoms with Crippen LogP contribution in [0.15, 0.2) is 332 Å². The van der Waals surface area contributed by atoms with E-state index in [1.165, 1.54) is 78.8 Å². The highest BCUT2D eigenvalue weighted by molar-refractivity contribution is 7.26. The smallest absolute Gasteiger partial charge is 0.238 e. The van der Waals surface area contributed by atoms with Crippen LogP contribution in [0.3, 0.4) is 0 Å². The Kier molecular flexibility index (Phi) is 13.7. The topological polar surface area (TPSA) is 100 Å². The van der Waals surface area contributed by atoms with Crippen molar-refractivity contribution in [2.45, 2.75) is 0 Å². The van der Waals surface area contributed by atoms with Gasteiger partial charge in [0, 0.05) is 106 Å². The third kappa shape index (κ3) is 9.88. The Morgan fingerprint density at radius 1 is 0.238 bits per heavy atom. The summed E-state index contributed by atoms with van der Waals surface area (Å²) in [6.07, 6.45) is 0. The molecule has 21 rings (SSSR count). The molecule has 0 radical (unpaired) electrons. The van der Waals surface area contributed by atoms with Gasteiger partial charge in [0.25, 0.3) is 0 Å². The van der Waals surface area contributed by atoms with Gasteiger partial charge in [0.15, 0.2) is 29.1 Å². The largest absolute Gasteiger partial charge is 0.456 e. The maximum Gasteiger partial charge on any atom is 0.238 e. The highest BCUT2D eigenvalue weighted by Gasteiger charge is 2.23. The van der Waals surface area contributed by atoms with Crippen molar-refractivity contribution < 1.29 is 4.42 Å². The number of hydrogen-bond acceptors (Lipinski definition) is 9. The maximum absolute atomic E-state index is 6.28. The molecule has 0 amide bonds. The van der Waals surface area contributed by atoms with Gasteiger partial charge in [-0.1, -0.05) is 255 Å². The second kappa shape index (κ2) is 23.9. The first-order valence-corrected chi connectivity index (χ1v) is 35.3. The molecule has 472 valence electrons. The Hall–Kier alpha value is -13.1. The lowest BCUT2D eigenvalue weighted by molar-refractivity contribution is 0.669. The van der Waals surface area contributed by atoms with Crippen LogP contribution in [-0.2, 0) is 0 Å². The zero-order valence-electron chi connectivity index (χ0n) is 54.0. The lowest BCUT2D eigenvalue weighted by atomic mass is 10.0. The second-order valence-corrected chi connectivity index (χ2v) is 27.3. The molecule has 0 saturated carbocycles. The van der Waals surface area contributed by atoms with Crippen LogP contribution in [0.4, 0.5) is 0 Å². The fourth-order valence-electron chi connectivity index (χ4n) is 14.7. The van der Waals surface area contributed by atoms with Gasteiger partial charge in [0.1, 0.15) is 11.2 Å². The Morgan fingerprint density at radius 3 is 1.17 bits per heavy atom. The normalized spacial score (nSPS) is 11.8. The SMILES string of the molecule is c1ccc(-c2nc(-c3cccc4oc5ccccc5c34)nc(-n3c4ccccc4c4ccc(-c5cccc6c5sc5ccccc56)cc43)n2)cc1.c1ccc(-c2nc(-c3ccccc3)nc(-c3ccc(-n4c5ccccc5c5ccc(-c6cccc7c6sc6ccccc67)cc54)cc3)n2)cc1. The van der Waals surface area contributed by atoms with Gasteiger partial charge < -0.3 is 8.98 Å². The molecule has 14 aromatic carbocycles. The minimum absolute atomic E-state index is 0.562. The zero-order chi connectivity index (χ0) is 66.5. The van der Waals surface area contributed by atoms with Crippen LogP contribution in [0.2, 0.25) is 0 Å². The van der Waals surface area contributed by atoms with Crippen molar-refractivity contribution in [1.29, 1.82) is 0 Å². The molecule has 11 heteroatoms. The van der Waals surface area contributed by atoms with Gasteiger partial charge in [0.2, 0.25) is 5.95 Å². The molecule has 0 aliphatic heterocycles. The standard InChI is InChI=1S/C45H26N4OS.C45H28N4S/c1-2-12-27(13-3-1)43-46-44(35-19-11-22-39-41(35)34-16-5-8-21-38(34)50-39)48-45(47-43)49-36-20-7-4-14-30(36)31-25-24-28(26-37(31)49)29-17-10-18-33-32-15-6-9-23-40(32)51-42(29)33;1-3-12-29(13-4-1)43-46-44(30-14-5-2-6-15-30)48-45(47-43)31-22-25-33(26-23-31)49-39-20-9-7-16-35(39)36-27-24-32(28-40(36)49)34-18-11-19-38-37-17-8-10-21-41(37)50-42(34)38/h1-26H;1-28H. The van der Waals surface area contributed by atoms with Crippen LogP contribution in [0.1, 0.15) is 0 Å². The molecule has 101 heavy (non-hydrogen) atoms. The first kappa shape index (κ1) is 58.1. The Balaban J connectivity index is 0.000000136. The minimum Gasteiger partial charge on any atom is -0.456 e. The number of rotatable bonds is 9. The molecule has 0 saturated heterocycles. The average Bonchev–Trinajstić information content (AvgIpc) is 1.60. The Bertz CT molecular complexity index is 6780. The quantitative estimate of drug-likeness (QED) is 0.142. The van der Waals surface area contributed by atoms with E-state index < -0.39 is 0 Å². The second-order valence-electron chi connectivity index (χ2n) is 25.2. The van der Waals surface area contributed by atoms with E-state index in [4.69, 9.17) is 34.3 Å². The van der Waals surface area contributed by atoms with Gasteiger partial charge in [0.05, 0.1) is 22.1 Å². The summed E-state index contributed by atoms with van der Waals surface area (Å²) in [5.74, 6) is 3.71. The summed E-state index contributed by atoms with van der Waals surface area (Å²) in [4.78, 5) is 30.4. The number of fused-ring (bicyclic) bond motifs is 15. The highest BCUT2D eigenvalue weighted by Crippen LogP contribution is 2.45. The number of hydrogen-bond donors (Lipinski definition) is 0. The number of aromatic nitrogens is 8. The molecule has 0 aliphatic carbocycles. The van der Waals surface area contributed by atoms with E-state index in [1.807, 2.05) is 144 Å². The van der Waals surface area contributed by atoms with Gasteiger partial charge in [-0.2, -0.15) is 9.97 Å². The van der Waals surface area contributed by atoms with E-state index in [9.17, 15) is 0 Å². The summed E-state index contributed by atoms with van der Waals surface area (Å²) in [5.41, 5.74) is 16.6. The lowest BCUT2D eigenvalue weighted by Gasteiger charge is -2.12. The highest BCUT2D eigenvalue weighted by atomic mass is 32.1. The summed E-state index contributed by atoms with van der Waals surface area (Å²) in [6, 6.07) is 115. The van der Waals surface area contributed by atoms with Crippen molar-refractivity contribution in [3.8, 4) is 90.8 Å². The van der Waals surface area contributed by atoms with E-state index in [1.54, 1.807) is 0 Å². The third-order valence-electron chi connectivity index (χ3n) is 19.4. The number of nitrogens with zero attached hydrogens (tertiary/aromatic N) is 8. The molecule has 0 spiro atoms. The summed E-state index contributed by atoms with van der Waals surface area (Å²) >= 11 is 3.72. The summed E-state index contributed by atoms with van der Waals surface area (Å²) in [5, 5.41) is 12.0. The number of benzene rings is 14. The van der Waals surface area contributed by atoms with Crippen LogP contribution in [0, 0.1) is 0 Å². The minimum atomic E-state index is 0.562. The van der Waals surface area contributed by atoms with E-state index in [0.29, 0.717) is 35.1 Å². The van der Waals surface area contributed by atoms with E-state index in [-0.39, 0.29) is 0 Å². The summed E-state index contributed by atoms with van der Waals surface area (Å²) < 4.78 is 16.1. The summed E-state index contributed by atoms with van der Waals surface area (Å²) in [6.45, 7) is 0. The molecule has 0 bridgehead atoms. The molecular formula is C90H54N8OS2. The molecule has 7 aromatic heterocycles. The molecule has 0 fully saturated rings. The predicted octanol–water partition coefficient (Wildman–Crippen LogP) is 24.2. The first-order chi connectivity index (χ1) is 50.1. The van der Waals surface area contributed by atoms with Crippen LogP contribution in [-0.4, -0.2) is 39.0 Å². The number of thiophene rings is 2. The fourth-order valence-corrected chi connectivity index (χ4v) is 17.2. The molecule has 0 atom stereocenters. The van der Waals surface area contributed by atoms with Gasteiger partial charge in [-0.15, -0.1) is 22.7 Å². The fraction of sp³-hybridized carbons (Fsp3) is 0. The van der Waals surface area contributed by atoms with Gasteiger partial charge in [-0.25, -0.2) is 19.9 Å². The van der Waals surface area contributed by atoms with E-state index in [2.05, 4.69) is 215 Å². The van der Waals surface area contributed by atoms with Crippen molar-refractivity contribution in [1.82, 2.24) is 39.0 Å². The van der Waals surface area contributed by atoms with Crippen LogP contribution in [0.5, 0.6) is 0 Å². The van der Waals surface area contributed by atoms with Gasteiger partial charge in [-0.3, -0.25) is 4.57 Å². The molecular weight excluding hydrogens is 1270 g/mol.